The topological polar surface area (TPSA) is 51.5 Å². The van der Waals surface area contributed by atoms with Crippen LogP contribution in [0.15, 0.2) is 18.3 Å². The summed E-state index contributed by atoms with van der Waals surface area (Å²) in [7, 11) is 1.45. The molecule has 2 heterocycles. The molecule has 1 aromatic heterocycles. The van der Waals surface area contributed by atoms with E-state index in [1.165, 1.54) is 7.11 Å². The highest BCUT2D eigenvalue weighted by Gasteiger charge is 2.68. The van der Waals surface area contributed by atoms with Gasteiger partial charge >= 0.3 is 5.97 Å². The van der Waals surface area contributed by atoms with Gasteiger partial charge in [0, 0.05) is 25.3 Å². The summed E-state index contributed by atoms with van der Waals surface area (Å²) in [5, 5.41) is 0. The maximum absolute atomic E-state index is 13.0. The molecule has 1 aliphatic heterocycles. The van der Waals surface area contributed by atoms with Gasteiger partial charge in [-0.2, -0.15) is 0 Å². The Morgan fingerprint density at radius 1 is 1.30 bits per heavy atom. The van der Waals surface area contributed by atoms with E-state index < -0.39 is 5.41 Å². The van der Waals surface area contributed by atoms with Gasteiger partial charge in [-0.3, -0.25) is 9.59 Å². The van der Waals surface area contributed by atoms with Crippen LogP contribution in [-0.2, 0) is 9.53 Å². The van der Waals surface area contributed by atoms with Crippen LogP contribution in [0.3, 0.4) is 0 Å². The van der Waals surface area contributed by atoms with Gasteiger partial charge in [0.05, 0.1) is 12.5 Å². The first-order chi connectivity index (χ1) is 10.9. The van der Waals surface area contributed by atoms with Gasteiger partial charge in [-0.25, -0.2) is 0 Å². The number of esters is 1. The molecule has 3 fully saturated rings. The maximum Gasteiger partial charge on any atom is 0.314 e. The Morgan fingerprint density at radius 2 is 2.04 bits per heavy atom. The van der Waals surface area contributed by atoms with E-state index in [1.54, 1.807) is 0 Å². The summed E-state index contributed by atoms with van der Waals surface area (Å²) in [6.07, 6.45) is 5.09. The second-order valence-corrected chi connectivity index (χ2v) is 8.08. The molecule has 3 aliphatic rings. The molecule has 1 saturated heterocycles. The molecule has 0 N–H and O–H groups in total. The molecule has 0 aromatic carbocycles. The fraction of sp³-hybridized carbons (Fsp3) is 0.667. The lowest BCUT2D eigenvalue weighted by Gasteiger charge is -2.54. The number of ether oxygens (including phenoxy) is 1. The molecule has 4 rings (SSSR count). The molecule has 5 nitrogen and oxygen atoms in total. The van der Waals surface area contributed by atoms with E-state index in [0.717, 1.165) is 25.0 Å². The lowest BCUT2D eigenvalue weighted by atomic mass is 9.48. The highest BCUT2D eigenvalue weighted by Crippen LogP contribution is 2.63. The fourth-order valence-electron chi connectivity index (χ4n) is 4.93. The third kappa shape index (κ3) is 1.98. The molecule has 124 valence electrons. The van der Waals surface area contributed by atoms with E-state index in [0.29, 0.717) is 19.1 Å². The Bertz CT molecular complexity index is 674. The van der Waals surface area contributed by atoms with E-state index in [2.05, 4.69) is 18.4 Å². The standard InChI is InChI=1S/C18H24N2O3/c1-17(2)10-18(16(22)23-3)11-19(9-14(17)18)15(21)13-5-4-8-20(13)12-6-7-12/h4-5,8,12,14H,6-7,9-11H2,1-3H3/t14-,18+/m1/s1. The van der Waals surface area contributed by atoms with Crippen molar-refractivity contribution in [3.05, 3.63) is 24.0 Å². The number of methoxy groups -OCH3 is 1. The zero-order chi connectivity index (χ0) is 16.4. The average Bonchev–Trinajstić information content (AvgIpc) is 3.13. The van der Waals surface area contributed by atoms with Gasteiger partial charge in [-0.1, -0.05) is 13.8 Å². The van der Waals surface area contributed by atoms with Crippen molar-refractivity contribution >= 4 is 11.9 Å². The van der Waals surface area contributed by atoms with Crippen molar-refractivity contribution in [2.45, 2.75) is 39.2 Å². The number of hydrogen-bond acceptors (Lipinski definition) is 3. The molecule has 1 aromatic rings. The summed E-state index contributed by atoms with van der Waals surface area (Å²) < 4.78 is 7.16. The zero-order valence-corrected chi connectivity index (χ0v) is 14.0. The summed E-state index contributed by atoms with van der Waals surface area (Å²) >= 11 is 0. The van der Waals surface area contributed by atoms with Crippen LogP contribution < -0.4 is 0 Å². The molecule has 0 bridgehead atoms. The number of amides is 1. The first-order valence-electron chi connectivity index (χ1n) is 8.43. The van der Waals surface area contributed by atoms with Gasteiger partial charge in [0.1, 0.15) is 5.69 Å². The van der Waals surface area contributed by atoms with Crippen molar-refractivity contribution in [3.8, 4) is 0 Å². The van der Waals surface area contributed by atoms with Crippen LogP contribution in [0.4, 0.5) is 0 Å². The summed E-state index contributed by atoms with van der Waals surface area (Å²) in [4.78, 5) is 27.2. The van der Waals surface area contributed by atoms with Crippen LogP contribution in [0.2, 0.25) is 0 Å². The van der Waals surface area contributed by atoms with Gasteiger partial charge in [0.2, 0.25) is 0 Å². The molecule has 0 radical (unpaired) electrons. The van der Waals surface area contributed by atoms with Crippen molar-refractivity contribution in [1.29, 1.82) is 0 Å². The Hall–Kier alpha value is -1.78. The van der Waals surface area contributed by atoms with Crippen LogP contribution in [0, 0.1) is 16.7 Å². The summed E-state index contributed by atoms with van der Waals surface area (Å²) in [5.41, 5.74) is 0.346. The molecular weight excluding hydrogens is 292 g/mol. The normalized spacial score (nSPS) is 31.4. The molecule has 2 aliphatic carbocycles. The van der Waals surface area contributed by atoms with Crippen LogP contribution in [0.1, 0.15) is 49.6 Å². The number of carbonyl (C=O) groups excluding carboxylic acids is 2. The highest BCUT2D eigenvalue weighted by atomic mass is 16.5. The van der Waals surface area contributed by atoms with Crippen molar-refractivity contribution in [3.63, 3.8) is 0 Å². The van der Waals surface area contributed by atoms with E-state index in [-0.39, 0.29) is 23.2 Å². The van der Waals surface area contributed by atoms with Crippen molar-refractivity contribution < 1.29 is 14.3 Å². The van der Waals surface area contributed by atoms with E-state index in [1.807, 2.05) is 23.2 Å². The minimum atomic E-state index is -0.495. The summed E-state index contributed by atoms with van der Waals surface area (Å²) in [5.74, 6) is 0.0841. The lowest BCUT2D eigenvalue weighted by molar-refractivity contribution is -0.174. The third-order valence-corrected chi connectivity index (χ3v) is 6.07. The number of fused-ring (bicyclic) bond motifs is 1. The number of rotatable bonds is 3. The maximum atomic E-state index is 13.0. The molecule has 2 saturated carbocycles. The van der Waals surface area contributed by atoms with Gasteiger partial charge in [0.15, 0.2) is 0 Å². The molecular formula is C18H24N2O3. The van der Waals surface area contributed by atoms with Crippen molar-refractivity contribution in [1.82, 2.24) is 9.47 Å². The SMILES string of the molecule is COC(=O)[C@@]12CN(C(=O)c3cccn3C3CC3)C[C@@H]1C(C)(C)C2. The van der Waals surface area contributed by atoms with Crippen molar-refractivity contribution in [2.24, 2.45) is 16.7 Å². The van der Waals surface area contributed by atoms with E-state index in [9.17, 15) is 9.59 Å². The predicted octanol–water partition coefficient (Wildman–Crippen LogP) is 2.48. The first kappa shape index (κ1) is 14.8. The van der Waals surface area contributed by atoms with Gasteiger partial charge < -0.3 is 14.2 Å². The lowest BCUT2D eigenvalue weighted by Crippen LogP contribution is -2.57. The third-order valence-electron chi connectivity index (χ3n) is 6.07. The summed E-state index contributed by atoms with van der Waals surface area (Å²) in [6, 6.07) is 4.32. The Morgan fingerprint density at radius 3 is 2.65 bits per heavy atom. The minimum Gasteiger partial charge on any atom is -0.469 e. The second kappa shape index (κ2) is 4.62. The number of carbonyl (C=O) groups is 2. The molecule has 2 atom stereocenters. The van der Waals surface area contributed by atoms with Crippen LogP contribution >= 0.6 is 0 Å². The number of likely N-dealkylation sites (tertiary alicyclic amines) is 1. The molecule has 0 unspecified atom stereocenters. The van der Waals surface area contributed by atoms with Gasteiger partial charge in [-0.15, -0.1) is 0 Å². The fourth-order valence-corrected chi connectivity index (χ4v) is 4.93. The highest BCUT2D eigenvalue weighted by molar-refractivity contribution is 5.94. The van der Waals surface area contributed by atoms with Gasteiger partial charge in [0.25, 0.3) is 5.91 Å². The second-order valence-electron chi connectivity index (χ2n) is 8.08. The van der Waals surface area contributed by atoms with Crippen molar-refractivity contribution in [2.75, 3.05) is 20.2 Å². The smallest absolute Gasteiger partial charge is 0.314 e. The zero-order valence-electron chi connectivity index (χ0n) is 14.0. The Labute approximate surface area is 136 Å². The molecule has 1 amide bonds. The van der Waals surface area contributed by atoms with Gasteiger partial charge in [-0.05, 0) is 42.7 Å². The largest absolute Gasteiger partial charge is 0.469 e. The van der Waals surface area contributed by atoms with Crippen LogP contribution in [0.25, 0.3) is 0 Å². The predicted molar refractivity (Wildman–Crippen MR) is 84.9 cm³/mol. The average molecular weight is 316 g/mol. The van der Waals surface area contributed by atoms with E-state index in [4.69, 9.17) is 4.74 Å². The minimum absolute atomic E-state index is 0.0513. The molecule has 23 heavy (non-hydrogen) atoms. The van der Waals surface area contributed by atoms with E-state index >= 15 is 0 Å². The Balaban J connectivity index is 1.60. The summed E-state index contributed by atoms with van der Waals surface area (Å²) in [6.45, 7) is 5.50. The quantitative estimate of drug-likeness (QED) is 0.805. The Kier molecular flexibility index (Phi) is 2.97. The monoisotopic (exact) mass is 316 g/mol. The first-order valence-corrected chi connectivity index (χ1v) is 8.43. The number of nitrogens with zero attached hydrogens (tertiary/aromatic N) is 2. The van der Waals surface area contributed by atoms with Crippen LogP contribution in [0.5, 0.6) is 0 Å². The number of aromatic nitrogens is 1. The van der Waals surface area contributed by atoms with Crippen LogP contribution in [-0.4, -0.2) is 41.5 Å². The molecule has 5 heteroatoms. The molecule has 0 spiro atoms. The number of hydrogen-bond donors (Lipinski definition) is 0.